The molecule has 0 fully saturated rings. The molecule has 1 aromatic heterocycles. The second-order valence-corrected chi connectivity index (χ2v) is 4.36. The van der Waals surface area contributed by atoms with E-state index in [0.29, 0.717) is 21.8 Å². The molecule has 0 spiro atoms. The lowest BCUT2D eigenvalue weighted by Crippen LogP contribution is -2.22. The minimum atomic E-state index is -0.348. The first kappa shape index (κ1) is 14.1. The van der Waals surface area contributed by atoms with Gasteiger partial charge in [0.05, 0.1) is 14.2 Å². The van der Waals surface area contributed by atoms with Crippen LogP contribution in [-0.2, 0) is 0 Å². The third-order valence-electron chi connectivity index (χ3n) is 2.79. The summed E-state index contributed by atoms with van der Waals surface area (Å²) in [6.07, 6.45) is 1.38. The number of amides is 1. The van der Waals surface area contributed by atoms with Gasteiger partial charge in [0, 0.05) is 11.1 Å². The molecule has 0 aliphatic heterocycles. The van der Waals surface area contributed by atoms with E-state index in [1.54, 1.807) is 12.1 Å². The van der Waals surface area contributed by atoms with Gasteiger partial charge in [-0.05, 0) is 31.3 Å². The van der Waals surface area contributed by atoms with Crippen molar-refractivity contribution in [1.82, 2.24) is 14.9 Å². The van der Waals surface area contributed by atoms with Crippen LogP contribution in [0.25, 0.3) is 0 Å². The molecule has 0 aliphatic carbocycles. The second-order valence-electron chi connectivity index (χ2n) is 3.98. The van der Waals surface area contributed by atoms with Gasteiger partial charge in [-0.25, -0.2) is 4.68 Å². The molecule has 0 unspecified atom stereocenters. The van der Waals surface area contributed by atoms with Crippen molar-refractivity contribution >= 4 is 18.1 Å². The minimum Gasteiger partial charge on any atom is -0.496 e. The zero-order valence-electron chi connectivity index (χ0n) is 11.3. The Labute approximate surface area is 120 Å². The van der Waals surface area contributed by atoms with E-state index in [0.717, 1.165) is 5.56 Å². The Morgan fingerprint density at radius 3 is 2.40 bits per heavy atom. The van der Waals surface area contributed by atoms with E-state index in [-0.39, 0.29) is 5.91 Å². The van der Waals surface area contributed by atoms with Crippen LogP contribution in [0.3, 0.4) is 0 Å². The number of benzene rings is 1. The molecule has 0 saturated carbocycles. The van der Waals surface area contributed by atoms with Gasteiger partial charge in [0.2, 0.25) is 4.77 Å². The van der Waals surface area contributed by atoms with Crippen molar-refractivity contribution in [3.63, 3.8) is 0 Å². The lowest BCUT2D eigenvalue weighted by molar-refractivity contribution is 0.101. The number of nitrogens with zero attached hydrogens (tertiary/aromatic N) is 2. The molecule has 0 atom stereocenters. The van der Waals surface area contributed by atoms with Crippen LogP contribution in [0.5, 0.6) is 11.5 Å². The summed E-state index contributed by atoms with van der Waals surface area (Å²) in [4.78, 5) is 12.2. The summed E-state index contributed by atoms with van der Waals surface area (Å²) in [5.74, 6) is 0.801. The smallest absolute Gasteiger partial charge is 0.270 e. The summed E-state index contributed by atoms with van der Waals surface area (Å²) in [5.41, 5.74) is 3.82. The number of hydrogen-bond acceptors (Lipinski definition) is 5. The fourth-order valence-corrected chi connectivity index (χ4v) is 1.86. The van der Waals surface area contributed by atoms with Crippen LogP contribution in [-0.4, -0.2) is 35.0 Å². The van der Waals surface area contributed by atoms with E-state index in [1.807, 2.05) is 6.92 Å². The predicted molar refractivity (Wildman–Crippen MR) is 75.4 cm³/mol. The lowest BCUT2D eigenvalue weighted by atomic mass is 10.1. The molecule has 2 rings (SSSR count). The van der Waals surface area contributed by atoms with Crippen molar-refractivity contribution in [3.8, 4) is 11.5 Å². The standard InChI is InChI=1S/C12H14N4O3S/c1-7-9(18-2)4-8(5-10(7)19-3)11(17)15-16-6-13-14-12(16)20/h4-6H,1-3H3,(H,14,20)(H,15,17). The summed E-state index contributed by atoms with van der Waals surface area (Å²) < 4.78 is 12.1. The molecule has 2 N–H and O–H groups in total. The van der Waals surface area contributed by atoms with E-state index in [1.165, 1.54) is 25.2 Å². The van der Waals surface area contributed by atoms with Gasteiger partial charge in [-0.2, -0.15) is 5.10 Å². The Balaban J connectivity index is 2.35. The van der Waals surface area contributed by atoms with Crippen molar-refractivity contribution in [2.75, 3.05) is 19.6 Å². The Morgan fingerprint density at radius 1 is 1.35 bits per heavy atom. The number of aromatic nitrogens is 3. The molecule has 0 radical (unpaired) electrons. The summed E-state index contributed by atoms with van der Waals surface area (Å²) in [7, 11) is 3.07. The number of rotatable bonds is 4. The highest BCUT2D eigenvalue weighted by atomic mass is 32.1. The van der Waals surface area contributed by atoms with Crippen LogP contribution >= 0.6 is 12.2 Å². The molecule has 1 heterocycles. The summed E-state index contributed by atoms with van der Waals surface area (Å²) in [5, 5.41) is 6.26. The highest BCUT2D eigenvalue weighted by Gasteiger charge is 2.14. The molecule has 7 nitrogen and oxygen atoms in total. The van der Waals surface area contributed by atoms with Crippen LogP contribution in [0.1, 0.15) is 15.9 Å². The third kappa shape index (κ3) is 2.64. The first-order valence-electron chi connectivity index (χ1n) is 5.72. The number of hydrogen-bond donors (Lipinski definition) is 2. The van der Waals surface area contributed by atoms with Gasteiger partial charge < -0.3 is 9.47 Å². The van der Waals surface area contributed by atoms with Gasteiger partial charge in [-0.1, -0.05) is 0 Å². The zero-order chi connectivity index (χ0) is 14.7. The summed E-state index contributed by atoms with van der Waals surface area (Å²) in [6, 6.07) is 3.27. The van der Waals surface area contributed by atoms with E-state index < -0.39 is 0 Å². The van der Waals surface area contributed by atoms with Crippen molar-refractivity contribution in [3.05, 3.63) is 34.4 Å². The fraction of sp³-hybridized carbons (Fsp3) is 0.250. The maximum absolute atomic E-state index is 12.2. The molecule has 0 saturated heterocycles. The molecule has 106 valence electrons. The molecule has 1 amide bonds. The maximum atomic E-state index is 12.2. The van der Waals surface area contributed by atoms with Gasteiger partial charge in [0.25, 0.3) is 5.91 Å². The van der Waals surface area contributed by atoms with Crippen molar-refractivity contribution in [2.45, 2.75) is 6.92 Å². The normalized spacial score (nSPS) is 10.2. The van der Waals surface area contributed by atoms with Gasteiger partial charge >= 0.3 is 0 Å². The number of carbonyl (C=O) groups is 1. The monoisotopic (exact) mass is 294 g/mol. The maximum Gasteiger partial charge on any atom is 0.270 e. The average molecular weight is 294 g/mol. The SMILES string of the molecule is COc1cc(C(=O)Nn2cn[nH]c2=S)cc(OC)c1C. The molecule has 8 heteroatoms. The van der Waals surface area contributed by atoms with E-state index in [4.69, 9.17) is 21.7 Å². The molecule has 0 bridgehead atoms. The van der Waals surface area contributed by atoms with Crippen LogP contribution in [0.15, 0.2) is 18.5 Å². The number of nitrogens with one attached hydrogen (secondary N) is 2. The topological polar surface area (TPSA) is 81.2 Å². The number of ether oxygens (including phenoxy) is 2. The second kappa shape index (κ2) is 5.74. The third-order valence-corrected chi connectivity index (χ3v) is 3.08. The van der Waals surface area contributed by atoms with Crippen LogP contribution in [0.2, 0.25) is 0 Å². The largest absolute Gasteiger partial charge is 0.496 e. The highest BCUT2D eigenvalue weighted by molar-refractivity contribution is 7.71. The first-order valence-corrected chi connectivity index (χ1v) is 6.13. The van der Waals surface area contributed by atoms with Gasteiger partial charge in [0.1, 0.15) is 17.8 Å². The van der Waals surface area contributed by atoms with Crippen LogP contribution in [0, 0.1) is 11.7 Å². The fourth-order valence-electron chi connectivity index (χ4n) is 1.72. The predicted octanol–water partition coefficient (Wildman–Crippen LogP) is 1.65. The molecule has 20 heavy (non-hydrogen) atoms. The Bertz CT molecular complexity index is 667. The summed E-state index contributed by atoms with van der Waals surface area (Å²) in [6.45, 7) is 1.85. The van der Waals surface area contributed by atoms with Crippen LogP contribution in [0.4, 0.5) is 0 Å². The molecule has 2 aromatic rings. The van der Waals surface area contributed by atoms with E-state index in [2.05, 4.69) is 15.6 Å². The van der Waals surface area contributed by atoms with E-state index >= 15 is 0 Å². The molecular weight excluding hydrogens is 280 g/mol. The van der Waals surface area contributed by atoms with Crippen molar-refractivity contribution < 1.29 is 14.3 Å². The Hall–Kier alpha value is -2.35. The van der Waals surface area contributed by atoms with Gasteiger partial charge in [-0.3, -0.25) is 15.3 Å². The number of methoxy groups -OCH3 is 2. The number of carbonyl (C=O) groups excluding carboxylic acids is 1. The highest BCUT2D eigenvalue weighted by Crippen LogP contribution is 2.29. The average Bonchev–Trinajstić information content (AvgIpc) is 2.84. The van der Waals surface area contributed by atoms with Crippen LogP contribution < -0.4 is 14.9 Å². The number of H-pyrrole nitrogens is 1. The first-order chi connectivity index (χ1) is 9.56. The minimum absolute atomic E-state index is 0.296. The lowest BCUT2D eigenvalue weighted by Gasteiger charge is -2.12. The Kier molecular flexibility index (Phi) is 4.04. The number of aromatic amines is 1. The van der Waals surface area contributed by atoms with Crippen molar-refractivity contribution in [1.29, 1.82) is 0 Å². The van der Waals surface area contributed by atoms with Crippen molar-refractivity contribution in [2.24, 2.45) is 0 Å². The summed E-state index contributed by atoms with van der Waals surface area (Å²) >= 11 is 4.95. The van der Waals surface area contributed by atoms with Gasteiger partial charge in [0.15, 0.2) is 0 Å². The Morgan fingerprint density at radius 2 is 1.95 bits per heavy atom. The molecular formula is C12H14N4O3S. The van der Waals surface area contributed by atoms with E-state index in [9.17, 15) is 4.79 Å². The molecule has 1 aromatic carbocycles. The molecule has 0 aliphatic rings. The quantitative estimate of drug-likeness (QED) is 0.838. The van der Waals surface area contributed by atoms with Gasteiger partial charge in [-0.15, -0.1) is 0 Å². The zero-order valence-corrected chi connectivity index (χ0v) is 12.1.